The topological polar surface area (TPSA) is 75.0 Å². The zero-order valence-corrected chi connectivity index (χ0v) is 17.6. The molecule has 0 amide bonds. The molecule has 7 nitrogen and oxygen atoms in total. The molecule has 0 unspecified atom stereocenters. The summed E-state index contributed by atoms with van der Waals surface area (Å²) in [6.45, 7) is 0.452. The molecule has 0 radical (unpaired) electrons. The van der Waals surface area contributed by atoms with Crippen LogP contribution in [0.4, 0.5) is 0 Å². The molecule has 0 saturated heterocycles. The molecule has 9 heteroatoms. The van der Waals surface area contributed by atoms with Crippen LogP contribution in [-0.4, -0.2) is 39.4 Å². The summed E-state index contributed by atoms with van der Waals surface area (Å²) in [5, 5.41) is 15.6. The van der Waals surface area contributed by atoms with E-state index in [0.717, 1.165) is 26.3 Å². The number of tetrazole rings is 1. The van der Waals surface area contributed by atoms with E-state index < -0.39 is 0 Å². The van der Waals surface area contributed by atoms with Gasteiger partial charge in [-0.05, 0) is 47.7 Å². The lowest BCUT2D eigenvalue weighted by atomic mass is 10.2. The van der Waals surface area contributed by atoms with Crippen LogP contribution in [0.1, 0.15) is 5.69 Å². The molecule has 0 fully saturated rings. The summed E-state index contributed by atoms with van der Waals surface area (Å²) in [5.74, 6) is 1.95. The largest absolute Gasteiger partial charge is 0.493 e. The third-order valence-electron chi connectivity index (χ3n) is 4.04. The van der Waals surface area contributed by atoms with Crippen molar-refractivity contribution in [2.75, 3.05) is 14.2 Å². The number of hydrogen-bond donors (Lipinski definition) is 0. The maximum Gasteiger partial charge on any atom is 0.204 e. The Hall–Kier alpha value is -2.78. The molecule has 4 rings (SSSR count). The van der Waals surface area contributed by atoms with E-state index in [-0.39, 0.29) is 0 Å². The lowest BCUT2D eigenvalue weighted by molar-refractivity contribution is 0.355. The first-order valence-electron chi connectivity index (χ1n) is 8.37. The van der Waals surface area contributed by atoms with Crippen molar-refractivity contribution >= 4 is 27.3 Å². The molecule has 142 valence electrons. The van der Waals surface area contributed by atoms with Crippen LogP contribution in [0.15, 0.2) is 52.3 Å². The number of thiazole rings is 1. The van der Waals surface area contributed by atoms with Crippen molar-refractivity contribution in [2.24, 2.45) is 0 Å². The standard InChI is InChI=1S/C19H16BrN5O2S/c1-26-16-8-5-13(9-17(16)27-2)19-21-15(11-28-19)10-25-23-18(22-24-25)12-3-6-14(20)7-4-12/h3-9,11H,10H2,1-2H3. The zero-order valence-electron chi connectivity index (χ0n) is 15.2. The maximum atomic E-state index is 5.37. The van der Waals surface area contributed by atoms with Gasteiger partial charge in [0.15, 0.2) is 11.5 Å². The quantitative estimate of drug-likeness (QED) is 0.429. The first-order valence-corrected chi connectivity index (χ1v) is 10.0. The van der Waals surface area contributed by atoms with Gasteiger partial charge in [0.05, 0.1) is 19.9 Å². The van der Waals surface area contributed by atoms with Gasteiger partial charge < -0.3 is 9.47 Å². The molecular weight excluding hydrogens is 442 g/mol. The molecule has 28 heavy (non-hydrogen) atoms. The minimum atomic E-state index is 0.452. The van der Waals surface area contributed by atoms with E-state index in [0.29, 0.717) is 23.9 Å². The molecule has 4 aromatic rings. The fraction of sp³-hybridized carbons (Fsp3) is 0.158. The van der Waals surface area contributed by atoms with Gasteiger partial charge in [-0.25, -0.2) is 4.98 Å². The second kappa shape index (κ2) is 8.07. The van der Waals surface area contributed by atoms with Gasteiger partial charge in [0, 0.05) is 21.0 Å². The molecule has 0 N–H and O–H groups in total. The van der Waals surface area contributed by atoms with Crippen LogP contribution in [0.2, 0.25) is 0 Å². The molecule has 2 aromatic heterocycles. The van der Waals surface area contributed by atoms with Crippen LogP contribution in [0.5, 0.6) is 11.5 Å². The fourth-order valence-corrected chi connectivity index (χ4v) is 3.72. The molecule has 0 aliphatic rings. The highest BCUT2D eigenvalue weighted by molar-refractivity contribution is 9.10. The van der Waals surface area contributed by atoms with E-state index in [1.165, 1.54) is 0 Å². The number of methoxy groups -OCH3 is 2. The number of rotatable bonds is 6. The third kappa shape index (κ3) is 3.90. The van der Waals surface area contributed by atoms with Gasteiger partial charge in [0.25, 0.3) is 0 Å². The van der Waals surface area contributed by atoms with Gasteiger partial charge >= 0.3 is 0 Å². The van der Waals surface area contributed by atoms with E-state index in [1.54, 1.807) is 30.4 Å². The Bertz CT molecular complexity index is 1090. The Morgan fingerprint density at radius 1 is 1.00 bits per heavy atom. The van der Waals surface area contributed by atoms with Crippen molar-refractivity contribution < 1.29 is 9.47 Å². The number of benzene rings is 2. The minimum Gasteiger partial charge on any atom is -0.493 e. The lowest BCUT2D eigenvalue weighted by Crippen LogP contribution is -2.04. The van der Waals surface area contributed by atoms with E-state index >= 15 is 0 Å². The smallest absolute Gasteiger partial charge is 0.204 e. The van der Waals surface area contributed by atoms with Crippen LogP contribution in [0.3, 0.4) is 0 Å². The predicted molar refractivity (Wildman–Crippen MR) is 111 cm³/mol. The van der Waals surface area contributed by atoms with Gasteiger partial charge in [-0.2, -0.15) is 4.80 Å². The average Bonchev–Trinajstić information content (AvgIpc) is 3.38. The molecule has 0 aliphatic heterocycles. The van der Waals surface area contributed by atoms with Gasteiger partial charge in [0.2, 0.25) is 5.82 Å². The van der Waals surface area contributed by atoms with Crippen molar-refractivity contribution in [1.82, 2.24) is 25.2 Å². The first kappa shape index (κ1) is 18.6. The summed E-state index contributed by atoms with van der Waals surface area (Å²) >= 11 is 4.98. The number of ether oxygens (including phenoxy) is 2. The monoisotopic (exact) mass is 457 g/mol. The highest BCUT2D eigenvalue weighted by Crippen LogP contribution is 2.33. The van der Waals surface area contributed by atoms with Crippen molar-refractivity contribution in [3.05, 3.63) is 58.0 Å². The summed E-state index contributed by atoms with van der Waals surface area (Å²) in [7, 11) is 3.24. The van der Waals surface area contributed by atoms with Crippen LogP contribution in [-0.2, 0) is 6.54 Å². The second-order valence-electron chi connectivity index (χ2n) is 5.86. The summed E-state index contributed by atoms with van der Waals surface area (Å²) in [4.78, 5) is 6.23. The highest BCUT2D eigenvalue weighted by atomic mass is 79.9. The summed E-state index contributed by atoms with van der Waals surface area (Å²) < 4.78 is 11.7. The van der Waals surface area contributed by atoms with Gasteiger partial charge in [0.1, 0.15) is 11.6 Å². The summed E-state index contributed by atoms with van der Waals surface area (Å²) in [6, 6.07) is 13.5. The highest BCUT2D eigenvalue weighted by Gasteiger charge is 2.11. The fourth-order valence-electron chi connectivity index (χ4n) is 2.65. The Labute approximate surface area is 174 Å². The van der Waals surface area contributed by atoms with Crippen molar-refractivity contribution in [1.29, 1.82) is 0 Å². The Kier molecular flexibility index (Phi) is 5.36. The van der Waals surface area contributed by atoms with Crippen molar-refractivity contribution in [2.45, 2.75) is 6.54 Å². The van der Waals surface area contributed by atoms with Gasteiger partial charge in [-0.3, -0.25) is 0 Å². The second-order valence-corrected chi connectivity index (χ2v) is 7.64. The molecule has 2 heterocycles. The number of aromatic nitrogens is 5. The van der Waals surface area contributed by atoms with Crippen LogP contribution in [0, 0.1) is 0 Å². The van der Waals surface area contributed by atoms with Crippen molar-refractivity contribution in [3.8, 4) is 33.5 Å². The normalized spacial score (nSPS) is 10.8. The van der Waals surface area contributed by atoms with Crippen LogP contribution < -0.4 is 9.47 Å². The van der Waals surface area contributed by atoms with Crippen molar-refractivity contribution in [3.63, 3.8) is 0 Å². The lowest BCUT2D eigenvalue weighted by Gasteiger charge is -2.08. The van der Waals surface area contributed by atoms with E-state index in [2.05, 4.69) is 36.3 Å². The summed E-state index contributed by atoms with van der Waals surface area (Å²) in [5.41, 5.74) is 2.75. The van der Waals surface area contributed by atoms with Crippen LogP contribution in [0.25, 0.3) is 22.0 Å². The van der Waals surface area contributed by atoms with Gasteiger partial charge in [-0.15, -0.1) is 21.5 Å². The number of nitrogens with zero attached hydrogens (tertiary/aromatic N) is 5. The minimum absolute atomic E-state index is 0.452. The predicted octanol–water partition coefficient (Wildman–Crippen LogP) is 4.29. The van der Waals surface area contributed by atoms with E-state index in [4.69, 9.17) is 9.47 Å². The molecule has 0 spiro atoms. The number of halogens is 1. The Morgan fingerprint density at radius 2 is 1.75 bits per heavy atom. The molecule has 0 atom stereocenters. The molecular formula is C19H16BrN5O2S. The van der Waals surface area contributed by atoms with E-state index in [9.17, 15) is 0 Å². The number of hydrogen-bond acceptors (Lipinski definition) is 7. The van der Waals surface area contributed by atoms with Crippen LogP contribution >= 0.6 is 27.3 Å². The molecule has 0 aliphatic carbocycles. The third-order valence-corrected chi connectivity index (χ3v) is 5.51. The Morgan fingerprint density at radius 3 is 2.50 bits per heavy atom. The zero-order chi connectivity index (χ0) is 19.5. The summed E-state index contributed by atoms with van der Waals surface area (Å²) in [6.07, 6.45) is 0. The molecule has 0 saturated carbocycles. The average molecular weight is 458 g/mol. The maximum absolute atomic E-state index is 5.37. The van der Waals surface area contributed by atoms with E-state index in [1.807, 2.05) is 47.8 Å². The Balaban J connectivity index is 1.52. The first-order chi connectivity index (χ1) is 13.7. The van der Waals surface area contributed by atoms with Gasteiger partial charge in [-0.1, -0.05) is 15.9 Å². The SMILES string of the molecule is COc1ccc(-c2nc(Cn3nnc(-c4ccc(Br)cc4)n3)cs2)cc1OC. The molecule has 2 aromatic carbocycles. The molecule has 0 bridgehead atoms.